The molecule has 14 heavy (non-hydrogen) atoms. The van der Waals surface area contributed by atoms with Gasteiger partial charge < -0.3 is 10.5 Å². The lowest BCUT2D eigenvalue weighted by Crippen LogP contribution is -2.23. The van der Waals surface area contributed by atoms with E-state index in [4.69, 9.17) is 10.5 Å². The standard InChI is InChI=1S/C12H25NO/c1-9(7-10(2)13)8-11-5-6-12(3,4)14-11/h9-11H,5-8,13H2,1-4H3. The number of hydrogen-bond donors (Lipinski definition) is 1. The third kappa shape index (κ3) is 3.97. The van der Waals surface area contributed by atoms with Crippen LogP contribution in [0, 0.1) is 5.92 Å². The molecule has 3 atom stereocenters. The third-order valence-electron chi connectivity index (χ3n) is 2.99. The molecule has 3 unspecified atom stereocenters. The Kier molecular flexibility index (Phi) is 3.96. The summed E-state index contributed by atoms with van der Waals surface area (Å²) in [7, 11) is 0. The molecule has 1 aliphatic rings. The first-order valence-corrected chi connectivity index (χ1v) is 5.82. The number of nitrogens with two attached hydrogens (primary N) is 1. The molecule has 1 aliphatic heterocycles. The first-order chi connectivity index (χ1) is 6.39. The van der Waals surface area contributed by atoms with E-state index in [-0.39, 0.29) is 5.60 Å². The summed E-state index contributed by atoms with van der Waals surface area (Å²) in [6.45, 7) is 8.72. The van der Waals surface area contributed by atoms with E-state index in [2.05, 4.69) is 27.7 Å². The Morgan fingerprint density at radius 1 is 1.43 bits per heavy atom. The van der Waals surface area contributed by atoms with Gasteiger partial charge in [0.15, 0.2) is 0 Å². The normalized spacial score (nSPS) is 30.2. The van der Waals surface area contributed by atoms with Crippen molar-refractivity contribution in [2.45, 2.75) is 71.1 Å². The van der Waals surface area contributed by atoms with Crippen LogP contribution in [0.3, 0.4) is 0 Å². The molecule has 0 bridgehead atoms. The molecule has 0 aromatic carbocycles. The Morgan fingerprint density at radius 2 is 2.07 bits per heavy atom. The Morgan fingerprint density at radius 3 is 2.50 bits per heavy atom. The Labute approximate surface area is 88.2 Å². The highest BCUT2D eigenvalue weighted by Crippen LogP contribution is 2.33. The second kappa shape index (κ2) is 4.63. The van der Waals surface area contributed by atoms with Gasteiger partial charge in [0, 0.05) is 6.04 Å². The first kappa shape index (κ1) is 12.0. The van der Waals surface area contributed by atoms with E-state index < -0.39 is 0 Å². The monoisotopic (exact) mass is 199 g/mol. The van der Waals surface area contributed by atoms with Crippen molar-refractivity contribution >= 4 is 0 Å². The molecule has 0 aliphatic carbocycles. The second-order valence-corrected chi connectivity index (χ2v) is 5.59. The van der Waals surface area contributed by atoms with Crippen molar-refractivity contribution < 1.29 is 4.74 Å². The Hall–Kier alpha value is -0.0800. The van der Waals surface area contributed by atoms with Crippen molar-refractivity contribution in [2.24, 2.45) is 11.7 Å². The molecule has 0 radical (unpaired) electrons. The van der Waals surface area contributed by atoms with Crippen LogP contribution < -0.4 is 5.73 Å². The molecule has 2 heteroatoms. The highest BCUT2D eigenvalue weighted by atomic mass is 16.5. The van der Waals surface area contributed by atoms with Gasteiger partial charge in [-0.1, -0.05) is 6.92 Å². The molecule has 2 nitrogen and oxygen atoms in total. The van der Waals surface area contributed by atoms with Gasteiger partial charge in [-0.2, -0.15) is 0 Å². The van der Waals surface area contributed by atoms with Gasteiger partial charge in [0.2, 0.25) is 0 Å². The molecule has 0 saturated carbocycles. The predicted octanol–water partition coefficient (Wildman–Crippen LogP) is 2.71. The van der Waals surface area contributed by atoms with Crippen LogP contribution in [-0.4, -0.2) is 17.7 Å². The molecule has 0 amide bonds. The van der Waals surface area contributed by atoms with Crippen molar-refractivity contribution in [3.8, 4) is 0 Å². The molecule has 1 heterocycles. The summed E-state index contributed by atoms with van der Waals surface area (Å²) >= 11 is 0. The van der Waals surface area contributed by atoms with Crippen LogP contribution in [0.1, 0.15) is 53.4 Å². The lowest BCUT2D eigenvalue weighted by molar-refractivity contribution is -0.0242. The van der Waals surface area contributed by atoms with Gasteiger partial charge in [-0.25, -0.2) is 0 Å². The maximum absolute atomic E-state index is 5.96. The highest BCUT2D eigenvalue weighted by Gasteiger charge is 2.32. The molecular weight excluding hydrogens is 174 g/mol. The average Bonchev–Trinajstić information content (AvgIpc) is 2.27. The summed E-state index contributed by atoms with van der Waals surface area (Å²) in [5.41, 5.74) is 5.89. The zero-order valence-corrected chi connectivity index (χ0v) is 10.0. The maximum Gasteiger partial charge on any atom is 0.0631 e. The number of ether oxygens (including phenoxy) is 1. The summed E-state index contributed by atoms with van der Waals surface area (Å²) in [6.07, 6.45) is 5.17. The van der Waals surface area contributed by atoms with Crippen molar-refractivity contribution in [3.05, 3.63) is 0 Å². The summed E-state index contributed by atoms with van der Waals surface area (Å²) in [4.78, 5) is 0. The average molecular weight is 199 g/mol. The topological polar surface area (TPSA) is 35.2 Å². The molecule has 0 spiro atoms. The summed E-state index contributed by atoms with van der Waals surface area (Å²) in [5.74, 6) is 0.689. The number of hydrogen-bond acceptors (Lipinski definition) is 2. The van der Waals surface area contributed by atoms with Gasteiger partial charge in [0.25, 0.3) is 0 Å². The summed E-state index contributed by atoms with van der Waals surface area (Å²) in [5, 5.41) is 0. The van der Waals surface area contributed by atoms with Gasteiger partial charge in [-0.15, -0.1) is 0 Å². The SMILES string of the molecule is CC(N)CC(C)CC1CCC(C)(C)O1. The van der Waals surface area contributed by atoms with Gasteiger partial charge in [-0.05, 0) is 52.4 Å². The maximum atomic E-state index is 5.96. The fraction of sp³-hybridized carbons (Fsp3) is 1.00. The molecule has 84 valence electrons. The smallest absolute Gasteiger partial charge is 0.0631 e. The van der Waals surface area contributed by atoms with E-state index in [9.17, 15) is 0 Å². The zero-order valence-electron chi connectivity index (χ0n) is 10.0. The second-order valence-electron chi connectivity index (χ2n) is 5.59. The van der Waals surface area contributed by atoms with E-state index in [1.54, 1.807) is 0 Å². The van der Waals surface area contributed by atoms with E-state index >= 15 is 0 Å². The van der Waals surface area contributed by atoms with Crippen LogP contribution in [-0.2, 0) is 4.74 Å². The molecule has 1 saturated heterocycles. The van der Waals surface area contributed by atoms with Gasteiger partial charge >= 0.3 is 0 Å². The molecular formula is C12H25NO. The Balaban J connectivity index is 2.25. The predicted molar refractivity (Wildman–Crippen MR) is 60.2 cm³/mol. The number of rotatable bonds is 4. The van der Waals surface area contributed by atoms with E-state index in [0.717, 1.165) is 6.42 Å². The zero-order chi connectivity index (χ0) is 10.8. The van der Waals surface area contributed by atoms with Crippen LogP contribution in [0.15, 0.2) is 0 Å². The van der Waals surface area contributed by atoms with Crippen LogP contribution >= 0.6 is 0 Å². The van der Waals surface area contributed by atoms with Crippen LogP contribution in [0.5, 0.6) is 0 Å². The minimum absolute atomic E-state index is 0.110. The van der Waals surface area contributed by atoms with E-state index in [1.165, 1.54) is 19.3 Å². The lowest BCUT2D eigenvalue weighted by Gasteiger charge is -2.22. The molecule has 1 fully saturated rings. The van der Waals surface area contributed by atoms with Gasteiger partial charge in [0.05, 0.1) is 11.7 Å². The minimum Gasteiger partial charge on any atom is -0.372 e. The van der Waals surface area contributed by atoms with Crippen molar-refractivity contribution in [3.63, 3.8) is 0 Å². The van der Waals surface area contributed by atoms with Crippen LogP contribution in [0.4, 0.5) is 0 Å². The highest BCUT2D eigenvalue weighted by molar-refractivity contribution is 4.82. The fourth-order valence-corrected chi connectivity index (χ4v) is 2.42. The molecule has 2 N–H and O–H groups in total. The van der Waals surface area contributed by atoms with Crippen molar-refractivity contribution in [1.29, 1.82) is 0 Å². The fourth-order valence-electron chi connectivity index (χ4n) is 2.42. The van der Waals surface area contributed by atoms with E-state index in [1.807, 2.05) is 0 Å². The minimum atomic E-state index is 0.110. The lowest BCUT2D eigenvalue weighted by atomic mass is 9.95. The third-order valence-corrected chi connectivity index (χ3v) is 2.99. The molecule has 0 aromatic rings. The quantitative estimate of drug-likeness (QED) is 0.755. The van der Waals surface area contributed by atoms with Crippen LogP contribution in [0.25, 0.3) is 0 Å². The summed E-state index contributed by atoms with van der Waals surface area (Å²) < 4.78 is 5.96. The van der Waals surface area contributed by atoms with Crippen molar-refractivity contribution in [1.82, 2.24) is 0 Å². The largest absolute Gasteiger partial charge is 0.372 e. The van der Waals surface area contributed by atoms with Crippen LogP contribution in [0.2, 0.25) is 0 Å². The Bertz CT molecular complexity index is 177. The first-order valence-electron chi connectivity index (χ1n) is 5.82. The van der Waals surface area contributed by atoms with Gasteiger partial charge in [-0.3, -0.25) is 0 Å². The molecule has 0 aromatic heterocycles. The summed E-state index contributed by atoms with van der Waals surface area (Å²) in [6, 6.07) is 0.319. The van der Waals surface area contributed by atoms with E-state index in [0.29, 0.717) is 18.1 Å². The molecule has 1 rings (SSSR count). The van der Waals surface area contributed by atoms with Gasteiger partial charge in [0.1, 0.15) is 0 Å². The van der Waals surface area contributed by atoms with Crippen molar-refractivity contribution in [2.75, 3.05) is 0 Å².